The van der Waals surface area contributed by atoms with Crippen molar-refractivity contribution in [3.05, 3.63) is 0 Å². The van der Waals surface area contributed by atoms with Crippen molar-refractivity contribution in [2.45, 2.75) is 13.1 Å². The molecule has 0 saturated carbocycles. The van der Waals surface area contributed by atoms with Gasteiger partial charge in [0, 0.05) is 27.2 Å². The SMILES string of the molecule is CCOCCNC(=NC)NCC(=O)N(C)CC(F)(F)F.I. The molecule has 0 aliphatic heterocycles. The van der Waals surface area contributed by atoms with Gasteiger partial charge in [0.15, 0.2) is 5.96 Å². The molecule has 0 aliphatic carbocycles. The van der Waals surface area contributed by atoms with E-state index in [9.17, 15) is 18.0 Å². The fourth-order valence-electron chi connectivity index (χ4n) is 1.26. The molecule has 0 aromatic heterocycles. The Hall–Kier alpha value is -0.780. The summed E-state index contributed by atoms with van der Waals surface area (Å²) in [5.74, 6) is -0.339. The van der Waals surface area contributed by atoms with E-state index < -0.39 is 18.6 Å². The molecule has 0 fully saturated rings. The van der Waals surface area contributed by atoms with Crippen molar-refractivity contribution in [2.75, 3.05) is 46.9 Å². The van der Waals surface area contributed by atoms with E-state index in [-0.39, 0.29) is 30.5 Å². The number of carbonyl (C=O) groups is 1. The Morgan fingerprint density at radius 3 is 2.43 bits per heavy atom. The summed E-state index contributed by atoms with van der Waals surface area (Å²) < 4.78 is 41.4. The van der Waals surface area contributed by atoms with Gasteiger partial charge in [-0.05, 0) is 6.92 Å². The topological polar surface area (TPSA) is 66.0 Å². The number of nitrogens with one attached hydrogen (secondary N) is 2. The molecule has 10 heteroatoms. The number of halogens is 4. The van der Waals surface area contributed by atoms with Gasteiger partial charge in [-0.1, -0.05) is 0 Å². The summed E-state index contributed by atoms with van der Waals surface area (Å²) in [4.78, 5) is 15.9. The number of amides is 1. The summed E-state index contributed by atoms with van der Waals surface area (Å²) >= 11 is 0. The lowest BCUT2D eigenvalue weighted by Gasteiger charge is -2.19. The fraction of sp³-hybridized carbons (Fsp3) is 0.818. The molecule has 0 heterocycles. The first kappa shape index (κ1) is 22.5. The first-order valence-electron chi connectivity index (χ1n) is 6.13. The molecule has 0 bridgehead atoms. The van der Waals surface area contributed by atoms with Crippen LogP contribution in [0.5, 0.6) is 0 Å². The Balaban J connectivity index is 0. The average molecular weight is 426 g/mol. The van der Waals surface area contributed by atoms with E-state index in [0.717, 1.165) is 7.05 Å². The Kier molecular flexibility index (Phi) is 12.7. The van der Waals surface area contributed by atoms with E-state index in [1.54, 1.807) is 0 Å². The number of nitrogens with zero attached hydrogens (tertiary/aromatic N) is 2. The van der Waals surface area contributed by atoms with Gasteiger partial charge in [0.1, 0.15) is 6.54 Å². The van der Waals surface area contributed by atoms with Crippen molar-refractivity contribution < 1.29 is 22.7 Å². The van der Waals surface area contributed by atoms with Gasteiger partial charge >= 0.3 is 6.18 Å². The zero-order valence-corrected chi connectivity index (χ0v) is 14.6. The largest absolute Gasteiger partial charge is 0.406 e. The molecule has 0 aromatic carbocycles. The van der Waals surface area contributed by atoms with Gasteiger partial charge in [-0.25, -0.2) is 0 Å². The first-order chi connectivity index (χ1) is 9.30. The van der Waals surface area contributed by atoms with Crippen LogP contribution in [0.3, 0.4) is 0 Å². The van der Waals surface area contributed by atoms with Crippen LogP contribution in [-0.2, 0) is 9.53 Å². The van der Waals surface area contributed by atoms with Crippen molar-refractivity contribution in [3.8, 4) is 0 Å². The van der Waals surface area contributed by atoms with Crippen LogP contribution in [0.2, 0.25) is 0 Å². The van der Waals surface area contributed by atoms with Gasteiger partial charge in [-0.15, -0.1) is 24.0 Å². The van der Waals surface area contributed by atoms with Crippen molar-refractivity contribution in [1.29, 1.82) is 0 Å². The number of hydrogen-bond donors (Lipinski definition) is 2. The van der Waals surface area contributed by atoms with E-state index in [1.165, 1.54) is 7.05 Å². The molecule has 0 rings (SSSR count). The summed E-state index contributed by atoms with van der Waals surface area (Å²) in [7, 11) is 2.60. The molecule has 0 radical (unpaired) electrons. The van der Waals surface area contributed by atoms with Crippen LogP contribution >= 0.6 is 24.0 Å². The number of likely N-dealkylation sites (N-methyl/N-ethyl adjacent to an activating group) is 1. The quantitative estimate of drug-likeness (QED) is 0.274. The number of guanidine groups is 1. The molecule has 126 valence electrons. The molecule has 2 N–H and O–H groups in total. The molecular formula is C11H22F3IN4O2. The van der Waals surface area contributed by atoms with Gasteiger partial charge < -0.3 is 20.3 Å². The van der Waals surface area contributed by atoms with Crippen LogP contribution in [0.4, 0.5) is 13.2 Å². The van der Waals surface area contributed by atoms with Crippen molar-refractivity contribution in [3.63, 3.8) is 0 Å². The number of alkyl halides is 3. The Labute approximate surface area is 139 Å². The minimum absolute atomic E-state index is 0. The molecule has 21 heavy (non-hydrogen) atoms. The predicted molar refractivity (Wildman–Crippen MR) is 85.0 cm³/mol. The van der Waals surface area contributed by atoms with Gasteiger partial charge in [-0.2, -0.15) is 13.2 Å². The van der Waals surface area contributed by atoms with Gasteiger partial charge in [0.05, 0.1) is 13.2 Å². The van der Waals surface area contributed by atoms with Crippen molar-refractivity contribution in [1.82, 2.24) is 15.5 Å². The zero-order chi connectivity index (χ0) is 15.6. The summed E-state index contributed by atoms with van der Waals surface area (Å²) in [6.45, 7) is 1.88. The highest BCUT2D eigenvalue weighted by molar-refractivity contribution is 14.0. The Morgan fingerprint density at radius 2 is 1.95 bits per heavy atom. The monoisotopic (exact) mass is 426 g/mol. The summed E-state index contributed by atoms with van der Waals surface area (Å²) in [6, 6.07) is 0. The third-order valence-corrected chi connectivity index (χ3v) is 2.22. The third kappa shape index (κ3) is 12.7. The lowest BCUT2D eigenvalue weighted by Crippen LogP contribution is -2.46. The van der Waals surface area contributed by atoms with Crippen LogP contribution in [0.1, 0.15) is 6.92 Å². The molecule has 6 nitrogen and oxygen atoms in total. The van der Waals surface area contributed by atoms with E-state index in [1.807, 2.05) is 6.92 Å². The average Bonchev–Trinajstić information content (AvgIpc) is 2.35. The first-order valence-corrected chi connectivity index (χ1v) is 6.13. The number of rotatable bonds is 7. The van der Waals surface area contributed by atoms with Crippen LogP contribution in [0.15, 0.2) is 4.99 Å². The molecule has 0 spiro atoms. The minimum Gasteiger partial charge on any atom is -0.380 e. The van der Waals surface area contributed by atoms with E-state index >= 15 is 0 Å². The number of aliphatic imine (C=N–C) groups is 1. The molecule has 0 unspecified atom stereocenters. The van der Waals surface area contributed by atoms with E-state index in [4.69, 9.17) is 4.74 Å². The normalized spacial score (nSPS) is 11.6. The molecular weight excluding hydrogens is 404 g/mol. The minimum atomic E-state index is -4.40. The predicted octanol–water partition coefficient (Wildman–Crippen LogP) is 0.827. The maximum Gasteiger partial charge on any atom is 0.406 e. The highest BCUT2D eigenvalue weighted by Crippen LogP contribution is 2.15. The van der Waals surface area contributed by atoms with E-state index in [0.29, 0.717) is 30.6 Å². The molecule has 0 saturated heterocycles. The second-order valence-electron chi connectivity index (χ2n) is 3.91. The van der Waals surface area contributed by atoms with Gasteiger partial charge in [0.2, 0.25) is 5.91 Å². The summed E-state index contributed by atoms with van der Waals surface area (Å²) in [5.41, 5.74) is 0. The maximum atomic E-state index is 12.1. The highest BCUT2D eigenvalue weighted by atomic mass is 127. The van der Waals surface area contributed by atoms with Crippen LogP contribution in [-0.4, -0.2) is 69.9 Å². The smallest absolute Gasteiger partial charge is 0.380 e. The third-order valence-electron chi connectivity index (χ3n) is 2.22. The van der Waals surface area contributed by atoms with Gasteiger partial charge in [-0.3, -0.25) is 9.79 Å². The Morgan fingerprint density at radius 1 is 1.33 bits per heavy atom. The van der Waals surface area contributed by atoms with Crippen LogP contribution in [0.25, 0.3) is 0 Å². The molecule has 0 aliphatic rings. The van der Waals surface area contributed by atoms with Gasteiger partial charge in [0.25, 0.3) is 0 Å². The van der Waals surface area contributed by atoms with Crippen LogP contribution < -0.4 is 10.6 Å². The zero-order valence-electron chi connectivity index (χ0n) is 12.3. The maximum absolute atomic E-state index is 12.1. The number of ether oxygens (including phenoxy) is 1. The van der Waals surface area contributed by atoms with Crippen molar-refractivity contribution in [2.24, 2.45) is 4.99 Å². The molecule has 1 amide bonds. The molecule has 0 aromatic rings. The number of hydrogen-bond acceptors (Lipinski definition) is 3. The number of carbonyl (C=O) groups excluding carboxylic acids is 1. The lowest BCUT2D eigenvalue weighted by atomic mass is 10.4. The fourth-order valence-corrected chi connectivity index (χ4v) is 1.26. The second-order valence-corrected chi connectivity index (χ2v) is 3.91. The molecule has 0 atom stereocenters. The lowest BCUT2D eigenvalue weighted by molar-refractivity contribution is -0.157. The Bertz CT molecular complexity index is 327. The highest BCUT2D eigenvalue weighted by Gasteiger charge is 2.31. The van der Waals surface area contributed by atoms with Crippen molar-refractivity contribution >= 4 is 35.8 Å². The standard InChI is InChI=1S/C11H21F3N4O2.HI/c1-4-20-6-5-16-10(15-2)17-7-9(19)18(3)8-11(12,13)14;/h4-8H2,1-3H3,(H2,15,16,17);1H. The van der Waals surface area contributed by atoms with Crippen LogP contribution in [0, 0.1) is 0 Å². The van der Waals surface area contributed by atoms with E-state index in [2.05, 4.69) is 15.6 Å². The summed E-state index contributed by atoms with van der Waals surface area (Å²) in [6.07, 6.45) is -4.40. The summed E-state index contributed by atoms with van der Waals surface area (Å²) in [5, 5.41) is 5.51. The second kappa shape index (κ2) is 11.8.